The first kappa shape index (κ1) is 20.7. The predicted molar refractivity (Wildman–Crippen MR) is 104 cm³/mol. The molecular formula is C19H24N2O5S. The van der Waals surface area contributed by atoms with Gasteiger partial charge >= 0.3 is 0 Å². The molecule has 2 rings (SSSR count). The van der Waals surface area contributed by atoms with Crippen LogP contribution in [0.4, 0.5) is 5.69 Å². The predicted octanol–water partition coefficient (Wildman–Crippen LogP) is 2.57. The van der Waals surface area contributed by atoms with Crippen molar-refractivity contribution in [2.45, 2.75) is 18.2 Å². The number of amides is 1. The van der Waals surface area contributed by atoms with E-state index in [2.05, 4.69) is 10.0 Å². The van der Waals surface area contributed by atoms with Gasteiger partial charge in [0.25, 0.3) is 15.9 Å². The number of aryl methyl sites for hydroxylation is 1. The van der Waals surface area contributed by atoms with Crippen molar-refractivity contribution in [3.63, 3.8) is 0 Å². The van der Waals surface area contributed by atoms with Crippen LogP contribution in [-0.2, 0) is 14.8 Å². The van der Waals surface area contributed by atoms with E-state index in [1.807, 2.05) is 0 Å². The minimum Gasteiger partial charge on any atom is -0.497 e. The van der Waals surface area contributed by atoms with Crippen molar-refractivity contribution in [1.82, 2.24) is 5.32 Å². The smallest absolute Gasteiger partial charge is 0.261 e. The number of carbonyl (C=O) groups excluding carboxylic acids is 1. The molecule has 0 aromatic heterocycles. The summed E-state index contributed by atoms with van der Waals surface area (Å²) in [5.74, 6) is 0.299. The lowest BCUT2D eigenvalue weighted by atomic mass is 10.1. The van der Waals surface area contributed by atoms with Gasteiger partial charge in [0.05, 0.1) is 17.7 Å². The molecule has 0 spiro atoms. The highest BCUT2D eigenvalue weighted by atomic mass is 32.2. The molecule has 146 valence electrons. The number of anilines is 1. The van der Waals surface area contributed by atoms with Crippen LogP contribution in [0.25, 0.3) is 0 Å². The minimum atomic E-state index is -3.78. The number of carbonyl (C=O) groups is 1. The van der Waals surface area contributed by atoms with E-state index in [1.165, 1.54) is 25.3 Å². The molecule has 1 amide bonds. The number of nitrogens with one attached hydrogen (secondary N) is 2. The van der Waals surface area contributed by atoms with Crippen molar-refractivity contribution >= 4 is 21.6 Å². The minimum absolute atomic E-state index is 0.108. The van der Waals surface area contributed by atoms with Crippen molar-refractivity contribution in [3.05, 3.63) is 53.6 Å². The molecule has 7 nitrogen and oxygen atoms in total. The zero-order valence-electron chi connectivity index (χ0n) is 15.6. The van der Waals surface area contributed by atoms with Gasteiger partial charge in [-0.05, 0) is 55.3 Å². The normalized spacial score (nSPS) is 11.1. The van der Waals surface area contributed by atoms with Gasteiger partial charge in [-0.15, -0.1) is 0 Å². The number of benzene rings is 2. The van der Waals surface area contributed by atoms with Crippen LogP contribution < -0.4 is 14.8 Å². The number of methoxy groups -OCH3 is 2. The second kappa shape index (κ2) is 9.38. The Kier molecular flexibility index (Phi) is 7.20. The molecule has 0 saturated heterocycles. The molecule has 0 aliphatic rings. The van der Waals surface area contributed by atoms with Crippen LogP contribution in [0.15, 0.2) is 47.4 Å². The van der Waals surface area contributed by atoms with Gasteiger partial charge in [-0.2, -0.15) is 0 Å². The summed E-state index contributed by atoms with van der Waals surface area (Å²) in [5.41, 5.74) is 1.45. The molecular weight excluding hydrogens is 368 g/mol. The maximum Gasteiger partial charge on any atom is 0.261 e. The molecule has 2 aromatic carbocycles. The lowest BCUT2D eigenvalue weighted by molar-refractivity contribution is 0.0948. The Morgan fingerprint density at radius 1 is 1.07 bits per heavy atom. The van der Waals surface area contributed by atoms with Crippen LogP contribution in [0.5, 0.6) is 5.75 Å². The van der Waals surface area contributed by atoms with Gasteiger partial charge in [0.2, 0.25) is 0 Å². The molecule has 0 aliphatic carbocycles. The number of sulfonamides is 1. The molecule has 2 aromatic rings. The molecule has 0 fully saturated rings. The average Bonchev–Trinajstić information content (AvgIpc) is 2.66. The number of rotatable bonds is 9. The first-order valence-corrected chi connectivity index (χ1v) is 9.90. The Morgan fingerprint density at radius 2 is 1.78 bits per heavy atom. The Bertz CT molecular complexity index is 879. The fourth-order valence-corrected chi connectivity index (χ4v) is 3.47. The van der Waals surface area contributed by atoms with Gasteiger partial charge in [0.15, 0.2) is 0 Å². The maximum absolute atomic E-state index is 12.6. The fourth-order valence-electron chi connectivity index (χ4n) is 2.35. The number of hydrogen-bond donors (Lipinski definition) is 2. The Labute approximate surface area is 159 Å². The van der Waals surface area contributed by atoms with Crippen molar-refractivity contribution in [3.8, 4) is 5.75 Å². The lowest BCUT2D eigenvalue weighted by Crippen LogP contribution is -2.25. The van der Waals surface area contributed by atoms with Crippen LogP contribution in [-0.4, -0.2) is 41.7 Å². The third-order valence-electron chi connectivity index (χ3n) is 3.92. The summed E-state index contributed by atoms with van der Waals surface area (Å²) >= 11 is 0. The summed E-state index contributed by atoms with van der Waals surface area (Å²) in [6.07, 6.45) is 0.699. The molecule has 0 radical (unpaired) electrons. The molecule has 0 bridgehead atoms. The Morgan fingerprint density at radius 3 is 2.41 bits per heavy atom. The van der Waals surface area contributed by atoms with E-state index in [0.717, 1.165) is 0 Å². The summed E-state index contributed by atoms with van der Waals surface area (Å²) < 4.78 is 37.7. The number of ether oxygens (including phenoxy) is 2. The van der Waals surface area contributed by atoms with E-state index in [4.69, 9.17) is 9.47 Å². The summed E-state index contributed by atoms with van der Waals surface area (Å²) in [6.45, 7) is 2.81. The number of hydrogen-bond acceptors (Lipinski definition) is 5. The van der Waals surface area contributed by atoms with E-state index >= 15 is 0 Å². The third kappa shape index (κ3) is 5.70. The topological polar surface area (TPSA) is 93.7 Å². The fraction of sp³-hybridized carbons (Fsp3) is 0.316. The standard InChI is InChI=1S/C19H24N2O5S/c1-14-5-6-15(19(22)20-11-4-12-25-2)13-18(14)21-27(23,24)17-9-7-16(26-3)8-10-17/h5-10,13,21H,4,11-12H2,1-3H3,(H,20,22). The van der Waals surface area contributed by atoms with Gasteiger partial charge < -0.3 is 14.8 Å². The molecule has 27 heavy (non-hydrogen) atoms. The van der Waals surface area contributed by atoms with E-state index in [0.29, 0.717) is 42.1 Å². The largest absolute Gasteiger partial charge is 0.497 e. The molecule has 0 atom stereocenters. The van der Waals surface area contributed by atoms with Gasteiger partial charge in [0.1, 0.15) is 5.75 Å². The summed E-state index contributed by atoms with van der Waals surface area (Å²) in [6, 6.07) is 11.0. The van der Waals surface area contributed by atoms with E-state index in [1.54, 1.807) is 38.3 Å². The van der Waals surface area contributed by atoms with E-state index in [-0.39, 0.29) is 10.8 Å². The summed E-state index contributed by atoms with van der Waals surface area (Å²) in [4.78, 5) is 12.3. The maximum atomic E-state index is 12.6. The van der Waals surface area contributed by atoms with Crippen molar-refractivity contribution < 1.29 is 22.7 Å². The molecule has 0 unspecified atom stereocenters. The van der Waals surface area contributed by atoms with Gasteiger partial charge in [0, 0.05) is 25.8 Å². The molecule has 0 saturated carbocycles. The SMILES string of the molecule is COCCCNC(=O)c1ccc(C)c(NS(=O)(=O)c2ccc(OC)cc2)c1. The van der Waals surface area contributed by atoms with Crippen molar-refractivity contribution in [1.29, 1.82) is 0 Å². The molecule has 0 heterocycles. The van der Waals surface area contributed by atoms with Crippen LogP contribution in [0.3, 0.4) is 0 Å². The first-order valence-electron chi connectivity index (χ1n) is 8.42. The first-order chi connectivity index (χ1) is 12.9. The highest BCUT2D eigenvalue weighted by molar-refractivity contribution is 7.92. The van der Waals surface area contributed by atoms with E-state index in [9.17, 15) is 13.2 Å². The van der Waals surface area contributed by atoms with Gasteiger partial charge in [-0.1, -0.05) is 6.07 Å². The monoisotopic (exact) mass is 392 g/mol. The van der Waals surface area contributed by atoms with Crippen LogP contribution in [0.1, 0.15) is 22.3 Å². The molecule has 8 heteroatoms. The van der Waals surface area contributed by atoms with Gasteiger partial charge in [-0.25, -0.2) is 8.42 Å². The quantitative estimate of drug-likeness (QED) is 0.640. The highest BCUT2D eigenvalue weighted by Gasteiger charge is 2.17. The zero-order chi connectivity index (χ0) is 19.9. The van der Waals surface area contributed by atoms with Crippen molar-refractivity contribution in [2.24, 2.45) is 0 Å². The summed E-state index contributed by atoms with van der Waals surface area (Å²) in [7, 11) is -0.670. The Hall–Kier alpha value is -2.58. The summed E-state index contributed by atoms with van der Waals surface area (Å²) in [5, 5.41) is 2.78. The zero-order valence-corrected chi connectivity index (χ0v) is 16.4. The molecule has 0 aliphatic heterocycles. The third-order valence-corrected chi connectivity index (χ3v) is 5.31. The second-order valence-electron chi connectivity index (χ2n) is 5.91. The lowest BCUT2D eigenvalue weighted by Gasteiger charge is -2.13. The van der Waals surface area contributed by atoms with Crippen LogP contribution in [0, 0.1) is 6.92 Å². The van der Waals surface area contributed by atoms with Crippen LogP contribution in [0.2, 0.25) is 0 Å². The van der Waals surface area contributed by atoms with E-state index < -0.39 is 10.0 Å². The highest BCUT2D eigenvalue weighted by Crippen LogP contribution is 2.22. The average molecular weight is 392 g/mol. The van der Waals surface area contributed by atoms with Crippen molar-refractivity contribution in [2.75, 3.05) is 32.1 Å². The Balaban J connectivity index is 2.16. The van der Waals surface area contributed by atoms with Crippen LogP contribution >= 0.6 is 0 Å². The molecule has 2 N–H and O–H groups in total. The second-order valence-corrected chi connectivity index (χ2v) is 7.60. The van der Waals surface area contributed by atoms with Gasteiger partial charge in [-0.3, -0.25) is 9.52 Å².